The van der Waals surface area contributed by atoms with Crippen molar-refractivity contribution in [1.82, 2.24) is 14.5 Å². The molecule has 6 heteroatoms. The molecule has 0 saturated carbocycles. The van der Waals surface area contributed by atoms with Gasteiger partial charge in [-0.25, -0.2) is 9.97 Å². The van der Waals surface area contributed by atoms with E-state index in [4.69, 9.17) is 9.97 Å². The molecule has 0 unspecified atom stereocenters. The van der Waals surface area contributed by atoms with E-state index < -0.39 is 0 Å². The normalized spacial score (nSPS) is 11.4. The maximum Gasteiger partial charge on any atom is 0.262 e. The van der Waals surface area contributed by atoms with Crippen molar-refractivity contribution in [2.45, 2.75) is 30.8 Å². The van der Waals surface area contributed by atoms with Crippen molar-refractivity contribution in [3.8, 4) is 10.6 Å². The lowest BCUT2D eigenvalue weighted by Gasteiger charge is -2.15. The number of thiazole rings is 1. The summed E-state index contributed by atoms with van der Waals surface area (Å²) in [5.41, 5.74) is 2.88. The van der Waals surface area contributed by atoms with Crippen molar-refractivity contribution >= 4 is 34.0 Å². The zero-order valence-corrected chi connectivity index (χ0v) is 16.8. The predicted molar refractivity (Wildman–Crippen MR) is 113 cm³/mol. The Labute approximate surface area is 165 Å². The van der Waals surface area contributed by atoms with Crippen LogP contribution in [-0.2, 0) is 5.75 Å². The number of rotatable bonds is 5. The van der Waals surface area contributed by atoms with Crippen LogP contribution in [0.5, 0.6) is 0 Å². The van der Waals surface area contributed by atoms with Gasteiger partial charge in [0.05, 0.1) is 16.6 Å². The average Bonchev–Trinajstić information content (AvgIpc) is 3.16. The molecule has 0 amide bonds. The summed E-state index contributed by atoms with van der Waals surface area (Å²) in [5, 5.41) is 4.49. The molecule has 2 heterocycles. The van der Waals surface area contributed by atoms with Crippen LogP contribution >= 0.6 is 23.1 Å². The van der Waals surface area contributed by atoms with E-state index >= 15 is 0 Å². The van der Waals surface area contributed by atoms with Crippen LogP contribution in [0.2, 0.25) is 0 Å². The van der Waals surface area contributed by atoms with Crippen LogP contribution in [-0.4, -0.2) is 14.5 Å². The minimum atomic E-state index is 0.0151. The standard InChI is InChI=1S/C21H19N3OS2/c1-14(2)24-20(25)17-10-6-7-11-18(17)23-21(24)27-13-16-12-26-19(22-16)15-8-4-3-5-9-15/h3-12,14H,13H2,1-2H3. The van der Waals surface area contributed by atoms with Gasteiger partial charge < -0.3 is 0 Å². The zero-order valence-electron chi connectivity index (χ0n) is 15.1. The first-order valence-electron chi connectivity index (χ1n) is 8.77. The van der Waals surface area contributed by atoms with E-state index in [1.807, 2.05) is 56.3 Å². The fourth-order valence-electron chi connectivity index (χ4n) is 2.91. The second-order valence-corrected chi connectivity index (χ2v) is 8.28. The van der Waals surface area contributed by atoms with E-state index in [-0.39, 0.29) is 11.6 Å². The molecule has 0 aliphatic heterocycles. The molecule has 0 fully saturated rings. The maximum atomic E-state index is 12.9. The molecule has 2 aromatic carbocycles. The Hall–Kier alpha value is -2.44. The van der Waals surface area contributed by atoms with Gasteiger partial charge >= 0.3 is 0 Å². The van der Waals surface area contributed by atoms with Gasteiger partial charge in [-0.3, -0.25) is 9.36 Å². The third-order valence-electron chi connectivity index (χ3n) is 4.21. The van der Waals surface area contributed by atoms with Gasteiger partial charge in [-0.1, -0.05) is 54.2 Å². The number of hydrogen-bond donors (Lipinski definition) is 0. The summed E-state index contributed by atoms with van der Waals surface area (Å²) in [5.74, 6) is 0.681. The Morgan fingerprint density at radius 2 is 1.78 bits per heavy atom. The van der Waals surface area contributed by atoms with E-state index in [0.717, 1.165) is 26.9 Å². The van der Waals surface area contributed by atoms with Crippen LogP contribution in [0.3, 0.4) is 0 Å². The summed E-state index contributed by atoms with van der Waals surface area (Å²) >= 11 is 3.20. The third-order valence-corrected chi connectivity index (χ3v) is 6.14. The predicted octanol–water partition coefficient (Wildman–Crippen LogP) is 5.39. The molecule has 0 atom stereocenters. The van der Waals surface area contributed by atoms with E-state index in [0.29, 0.717) is 11.1 Å². The monoisotopic (exact) mass is 393 g/mol. The fraction of sp³-hybridized carbons (Fsp3) is 0.190. The van der Waals surface area contributed by atoms with E-state index in [2.05, 4.69) is 17.5 Å². The Bertz CT molecular complexity index is 1130. The Kier molecular flexibility index (Phi) is 5.09. The van der Waals surface area contributed by atoms with E-state index in [9.17, 15) is 4.79 Å². The van der Waals surface area contributed by atoms with Gasteiger partial charge in [-0.2, -0.15) is 0 Å². The Balaban J connectivity index is 1.63. The van der Waals surface area contributed by atoms with Gasteiger partial charge in [-0.15, -0.1) is 11.3 Å². The zero-order chi connectivity index (χ0) is 18.8. The molecule has 0 spiro atoms. The van der Waals surface area contributed by atoms with Crippen molar-refractivity contribution in [2.75, 3.05) is 0 Å². The van der Waals surface area contributed by atoms with Crippen molar-refractivity contribution in [2.24, 2.45) is 0 Å². The van der Waals surface area contributed by atoms with Crippen molar-refractivity contribution in [3.63, 3.8) is 0 Å². The molecule has 4 nitrogen and oxygen atoms in total. The quantitative estimate of drug-likeness (QED) is 0.337. The highest BCUT2D eigenvalue weighted by Gasteiger charge is 2.14. The molecule has 4 rings (SSSR count). The molecule has 0 aliphatic carbocycles. The summed E-state index contributed by atoms with van der Waals surface area (Å²) < 4.78 is 1.78. The fourth-order valence-corrected chi connectivity index (χ4v) is 4.86. The van der Waals surface area contributed by atoms with E-state index in [1.165, 1.54) is 0 Å². The second kappa shape index (κ2) is 7.66. The lowest BCUT2D eigenvalue weighted by Crippen LogP contribution is -2.25. The number of para-hydroxylation sites is 1. The lowest BCUT2D eigenvalue weighted by atomic mass is 10.2. The number of nitrogens with zero attached hydrogens (tertiary/aromatic N) is 3. The van der Waals surface area contributed by atoms with Crippen LogP contribution in [0.15, 0.2) is 69.9 Å². The number of aromatic nitrogens is 3. The van der Waals surface area contributed by atoms with Crippen molar-refractivity contribution < 1.29 is 0 Å². The number of hydrogen-bond acceptors (Lipinski definition) is 5. The summed E-state index contributed by atoms with van der Waals surface area (Å²) in [4.78, 5) is 22.4. The summed E-state index contributed by atoms with van der Waals surface area (Å²) in [7, 11) is 0. The van der Waals surface area contributed by atoms with Crippen LogP contribution in [0, 0.1) is 0 Å². The van der Waals surface area contributed by atoms with Crippen LogP contribution in [0.4, 0.5) is 0 Å². The third kappa shape index (κ3) is 3.68. The highest BCUT2D eigenvalue weighted by atomic mass is 32.2. The molecular formula is C21H19N3OS2. The molecule has 2 aromatic heterocycles. The minimum Gasteiger partial charge on any atom is -0.285 e. The first kappa shape index (κ1) is 17.9. The molecule has 0 N–H and O–H groups in total. The molecular weight excluding hydrogens is 374 g/mol. The molecule has 136 valence electrons. The van der Waals surface area contributed by atoms with Gasteiger partial charge in [0.1, 0.15) is 5.01 Å². The van der Waals surface area contributed by atoms with Crippen LogP contribution < -0.4 is 5.56 Å². The van der Waals surface area contributed by atoms with Gasteiger partial charge in [0.15, 0.2) is 5.16 Å². The Morgan fingerprint density at radius 1 is 1.04 bits per heavy atom. The first-order valence-corrected chi connectivity index (χ1v) is 10.6. The van der Waals surface area contributed by atoms with Crippen molar-refractivity contribution in [3.05, 3.63) is 76.0 Å². The van der Waals surface area contributed by atoms with Crippen LogP contribution in [0.25, 0.3) is 21.5 Å². The highest BCUT2D eigenvalue weighted by Crippen LogP contribution is 2.28. The lowest BCUT2D eigenvalue weighted by molar-refractivity contribution is 0.519. The molecule has 0 saturated heterocycles. The van der Waals surface area contributed by atoms with Gasteiger partial charge in [0.2, 0.25) is 0 Å². The average molecular weight is 394 g/mol. The number of thioether (sulfide) groups is 1. The summed E-state index contributed by atoms with van der Waals surface area (Å²) in [6, 6.07) is 17.7. The summed E-state index contributed by atoms with van der Waals surface area (Å²) in [6.45, 7) is 4.02. The topological polar surface area (TPSA) is 47.8 Å². The number of fused-ring (bicyclic) bond motifs is 1. The molecule has 0 aliphatic rings. The largest absolute Gasteiger partial charge is 0.285 e. The SMILES string of the molecule is CC(C)n1c(SCc2csc(-c3ccccc3)n2)nc2ccccc2c1=O. The molecule has 27 heavy (non-hydrogen) atoms. The first-order chi connectivity index (χ1) is 13.1. The highest BCUT2D eigenvalue weighted by molar-refractivity contribution is 7.98. The molecule has 4 aromatic rings. The maximum absolute atomic E-state index is 12.9. The van der Waals surface area contributed by atoms with Crippen molar-refractivity contribution in [1.29, 1.82) is 0 Å². The van der Waals surface area contributed by atoms with Gasteiger partial charge in [0.25, 0.3) is 5.56 Å². The van der Waals surface area contributed by atoms with Gasteiger partial charge in [-0.05, 0) is 26.0 Å². The molecule has 0 bridgehead atoms. The van der Waals surface area contributed by atoms with Gasteiger partial charge in [0, 0.05) is 22.7 Å². The smallest absolute Gasteiger partial charge is 0.262 e. The molecule has 0 radical (unpaired) electrons. The van der Waals surface area contributed by atoms with Crippen LogP contribution in [0.1, 0.15) is 25.6 Å². The summed E-state index contributed by atoms with van der Waals surface area (Å²) in [6.07, 6.45) is 0. The number of benzene rings is 2. The second-order valence-electron chi connectivity index (χ2n) is 6.48. The van der Waals surface area contributed by atoms with E-state index in [1.54, 1.807) is 27.7 Å². The minimum absolute atomic E-state index is 0.0151. The Morgan fingerprint density at radius 3 is 2.56 bits per heavy atom.